The number of nitrogens with one attached hydrogen (secondary N) is 1. The van der Waals surface area contributed by atoms with Crippen LogP contribution in [0.25, 0.3) is 10.8 Å². The van der Waals surface area contributed by atoms with Crippen molar-refractivity contribution in [2.24, 2.45) is 0 Å². The van der Waals surface area contributed by atoms with Crippen LogP contribution in [-0.2, 0) is 11.2 Å². The molecular weight excluding hydrogens is 434 g/mol. The lowest BCUT2D eigenvalue weighted by Gasteiger charge is -2.10. The molecule has 1 aromatic heterocycles. The van der Waals surface area contributed by atoms with E-state index in [1.165, 1.54) is 23.5 Å². The van der Waals surface area contributed by atoms with Crippen LogP contribution >= 0.6 is 23.4 Å². The quantitative estimate of drug-likeness (QED) is 0.322. The van der Waals surface area contributed by atoms with E-state index < -0.39 is 0 Å². The molecule has 0 spiro atoms. The molecule has 3 aromatic carbocycles. The number of hydrogen-bond donors (Lipinski definition) is 2. The minimum Gasteiger partial charge on any atom is -0.495 e. The van der Waals surface area contributed by atoms with Crippen LogP contribution in [0.4, 0.5) is 5.69 Å². The van der Waals surface area contributed by atoms with Crippen LogP contribution in [0.15, 0.2) is 65.8 Å². The summed E-state index contributed by atoms with van der Waals surface area (Å²) in [5.41, 5.74) is 1.62. The molecule has 1 heterocycles. The van der Waals surface area contributed by atoms with Gasteiger partial charge < -0.3 is 15.9 Å². The average molecular weight is 454 g/mol. The number of ether oxygens (including phenoxy) is 1. The zero-order chi connectivity index (χ0) is 21.8. The Bertz CT molecular complexity index is 1240. The van der Waals surface area contributed by atoms with Crippen molar-refractivity contribution in [2.45, 2.75) is 11.6 Å². The molecule has 0 saturated carbocycles. The summed E-state index contributed by atoms with van der Waals surface area (Å²) in [7, 11) is 1.53. The highest BCUT2D eigenvalue weighted by atomic mass is 35.5. The SMILES string of the molecule is COc1ccc(Cl)cc1NC(=O)CSc1nnc(Cc2cccc3ccccc23)n1N. The molecule has 0 fully saturated rings. The normalized spacial score (nSPS) is 10.9. The molecule has 0 saturated heterocycles. The fraction of sp³-hybridized carbons (Fsp3) is 0.136. The first-order valence-corrected chi connectivity index (χ1v) is 10.8. The summed E-state index contributed by atoms with van der Waals surface area (Å²) in [6.07, 6.45) is 0.539. The smallest absolute Gasteiger partial charge is 0.234 e. The number of carbonyl (C=O) groups excluding carboxylic acids is 1. The number of fused-ring (bicyclic) bond motifs is 1. The Morgan fingerprint density at radius 1 is 1.16 bits per heavy atom. The van der Waals surface area contributed by atoms with Gasteiger partial charge in [0.2, 0.25) is 11.1 Å². The molecule has 31 heavy (non-hydrogen) atoms. The van der Waals surface area contributed by atoms with Gasteiger partial charge in [0.05, 0.1) is 18.6 Å². The molecule has 0 bridgehead atoms. The summed E-state index contributed by atoms with van der Waals surface area (Å²) in [4.78, 5) is 12.4. The van der Waals surface area contributed by atoms with Gasteiger partial charge in [0, 0.05) is 11.4 Å². The summed E-state index contributed by atoms with van der Waals surface area (Å²) >= 11 is 7.21. The Hall–Kier alpha value is -3.23. The van der Waals surface area contributed by atoms with Crippen molar-refractivity contribution in [1.82, 2.24) is 14.9 Å². The third-order valence-electron chi connectivity index (χ3n) is 4.73. The van der Waals surface area contributed by atoms with Gasteiger partial charge in [0.15, 0.2) is 5.82 Å². The summed E-state index contributed by atoms with van der Waals surface area (Å²) in [6, 6.07) is 19.3. The molecule has 0 aliphatic heterocycles. The number of thioether (sulfide) groups is 1. The molecule has 3 N–H and O–H groups in total. The molecule has 0 atom stereocenters. The van der Waals surface area contributed by atoms with Crippen molar-refractivity contribution < 1.29 is 9.53 Å². The fourth-order valence-electron chi connectivity index (χ4n) is 3.24. The lowest BCUT2D eigenvalue weighted by atomic mass is 10.0. The van der Waals surface area contributed by atoms with E-state index in [0.29, 0.717) is 33.9 Å². The maximum atomic E-state index is 12.4. The van der Waals surface area contributed by atoms with E-state index in [1.807, 2.05) is 18.2 Å². The number of rotatable bonds is 7. The lowest BCUT2D eigenvalue weighted by molar-refractivity contribution is -0.113. The maximum absolute atomic E-state index is 12.4. The van der Waals surface area contributed by atoms with Crippen LogP contribution in [0.3, 0.4) is 0 Å². The number of hydrogen-bond acceptors (Lipinski definition) is 6. The fourth-order valence-corrected chi connectivity index (χ4v) is 4.08. The standard InChI is InChI=1S/C22H20ClN5O2S/c1-30-19-10-9-16(23)12-18(19)25-21(29)13-31-22-27-26-20(28(22)24)11-15-7-4-6-14-5-2-3-8-17(14)15/h2-10,12H,11,13,24H2,1H3,(H,25,29). The molecule has 7 nitrogen and oxygen atoms in total. The summed E-state index contributed by atoms with van der Waals surface area (Å²) in [5, 5.41) is 14.4. The van der Waals surface area contributed by atoms with Gasteiger partial charge in [-0.1, -0.05) is 65.8 Å². The first kappa shape index (κ1) is 21.0. The highest BCUT2D eigenvalue weighted by Gasteiger charge is 2.15. The van der Waals surface area contributed by atoms with Gasteiger partial charge in [0.1, 0.15) is 5.75 Å². The number of halogens is 1. The van der Waals surface area contributed by atoms with E-state index in [1.54, 1.807) is 18.2 Å². The number of amides is 1. The van der Waals surface area contributed by atoms with Gasteiger partial charge in [-0.25, -0.2) is 4.68 Å². The average Bonchev–Trinajstić information content (AvgIpc) is 3.12. The molecule has 0 unspecified atom stereocenters. The molecular formula is C22H20ClN5O2S. The van der Waals surface area contributed by atoms with Crippen LogP contribution in [0.5, 0.6) is 5.75 Å². The van der Waals surface area contributed by atoms with E-state index in [2.05, 4.69) is 39.8 Å². The number of aromatic nitrogens is 3. The van der Waals surface area contributed by atoms with E-state index in [4.69, 9.17) is 22.2 Å². The summed E-state index contributed by atoms with van der Waals surface area (Å²) in [6.45, 7) is 0. The molecule has 4 aromatic rings. The van der Waals surface area contributed by atoms with E-state index in [-0.39, 0.29) is 11.7 Å². The number of nitrogens with zero attached hydrogens (tertiary/aromatic N) is 3. The second-order valence-electron chi connectivity index (χ2n) is 6.77. The van der Waals surface area contributed by atoms with Crippen molar-refractivity contribution in [2.75, 3.05) is 24.0 Å². The zero-order valence-corrected chi connectivity index (χ0v) is 18.3. The molecule has 0 aliphatic carbocycles. The number of carbonyl (C=O) groups is 1. The zero-order valence-electron chi connectivity index (χ0n) is 16.7. The summed E-state index contributed by atoms with van der Waals surface area (Å²) in [5.74, 6) is 7.23. The number of anilines is 1. The highest BCUT2D eigenvalue weighted by Crippen LogP contribution is 2.28. The lowest BCUT2D eigenvalue weighted by Crippen LogP contribution is -2.17. The monoisotopic (exact) mass is 453 g/mol. The molecule has 4 rings (SSSR count). The number of benzene rings is 3. The minimum atomic E-state index is -0.232. The van der Waals surface area contributed by atoms with Gasteiger partial charge >= 0.3 is 0 Å². The predicted octanol–water partition coefficient (Wildman–Crippen LogP) is 4.13. The molecule has 158 valence electrons. The van der Waals surface area contributed by atoms with Crippen LogP contribution < -0.4 is 15.9 Å². The van der Waals surface area contributed by atoms with Crippen LogP contribution in [0.2, 0.25) is 5.02 Å². The summed E-state index contributed by atoms with van der Waals surface area (Å²) < 4.78 is 6.68. The van der Waals surface area contributed by atoms with Crippen molar-refractivity contribution >= 4 is 45.7 Å². The molecule has 9 heteroatoms. The van der Waals surface area contributed by atoms with E-state index >= 15 is 0 Å². The van der Waals surface area contributed by atoms with Crippen LogP contribution in [-0.4, -0.2) is 33.6 Å². The van der Waals surface area contributed by atoms with Gasteiger partial charge in [0.25, 0.3) is 0 Å². The Morgan fingerprint density at radius 3 is 2.81 bits per heavy atom. The Balaban J connectivity index is 1.43. The predicted molar refractivity (Wildman–Crippen MR) is 124 cm³/mol. The van der Waals surface area contributed by atoms with Crippen LogP contribution in [0.1, 0.15) is 11.4 Å². The van der Waals surface area contributed by atoms with E-state index in [0.717, 1.165) is 16.3 Å². The molecule has 0 aliphatic rings. The third kappa shape index (κ3) is 4.76. The Kier molecular flexibility index (Phi) is 6.29. The Labute approximate surface area is 188 Å². The molecule has 1 amide bonds. The van der Waals surface area contributed by atoms with Crippen molar-refractivity contribution in [3.05, 3.63) is 77.1 Å². The highest BCUT2D eigenvalue weighted by molar-refractivity contribution is 7.99. The second kappa shape index (κ2) is 9.28. The molecule has 0 radical (unpaired) electrons. The van der Waals surface area contributed by atoms with Gasteiger partial charge in [-0.2, -0.15) is 0 Å². The maximum Gasteiger partial charge on any atom is 0.234 e. The van der Waals surface area contributed by atoms with Crippen molar-refractivity contribution in [1.29, 1.82) is 0 Å². The van der Waals surface area contributed by atoms with Crippen LogP contribution in [0, 0.1) is 0 Å². The van der Waals surface area contributed by atoms with Gasteiger partial charge in [-0.05, 0) is 34.5 Å². The third-order valence-corrected chi connectivity index (χ3v) is 5.91. The topological polar surface area (TPSA) is 95.1 Å². The van der Waals surface area contributed by atoms with E-state index in [9.17, 15) is 4.79 Å². The van der Waals surface area contributed by atoms with Gasteiger partial charge in [-0.15, -0.1) is 10.2 Å². The number of methoxy groups -OCH3 is 1. The first-order valence-electron chi connectivity index (χ1n) is 9.47. The first-order chi connectivity index (χ1) is 15.0. The Morgan fingerprint density at radius 2 is 1.97 bits per heavy atom. The van der Waals surface area contributed by atoms with Gasteiger partial charge in [-0.3, -0.25) is 4.79 Å². The minimum absolute atomic E-state index is 0.110. The number of nitrogens with two attached hydrogens (primary N) is 1. The largest absolute Gasteiger partial charge is 0.495 e. The van der Waals surface area contributed by atoms with Crippen molar-refractivity contribution in [3.63, 3.8) is 0 Å². The number of nitrogen functional groups attached to an aromatic ring is 1. The van der Waals surface area contributed by atoms with Crippen molar-refractivity contribution in [3.8, 4) is 5.75 Å². The second-order valence-corrected chi connectivity index (χ2v) is 8.14.